The molecule has 86 valence electrons. The van der Waals surface area contributed by atoms with Gasteiger partial charge in [0.15, 0.2) is 0 Å². The molecule has 0 amide bonds. The van der Waals surface area contributed by atoms with Gasteiger partial charge in [0.2, 0.25) is 0 Å². The highest BCUT2D eigenvalue weighted by atomic mass is 19.4. The lowest BCUT2D eigenvalue weighted by atomic mass is 9.90. The number of rotatable bonds is 6. The molecule has 0 saturated carbocycles. The van der Waals surface area contributed by atoms with Crippen molar-refractivity contribution in [2.45, 2.75) is 59.1 Å². The van der Waals surface area contributed by atoms with Gasteiger partial charge in [-0.05, 0) is 24.7 Å². The van der Waals surface area contributed by atoms with E-state index in [-0.39, 0.29) is 6.42 Å². The molecule has 0 N–H and O–H groups in total. The molecule has 0 nitrogen and oxygen atoms in total. The summed E-state index contributed by atoms with van der Waals surface area (Å²) in [6.45, 7) is 6.29. The standard InChI is InChI=1S/C11H21F3/c1-4-10(8-9(2)3)6-5-7-11(12,13)14/h9-10H,4-8H2,1-3H3. The summed E-state index contributed by atoms with van der Waals surface area (Å²) in [4.78, 5) is 0. The first-order valence-corrected chi connectivity index (χ1v) is 5.42. The van der Waals surface area contributed by atoms with E-state index in [0.717, 1.165) is 12.8 Å². The van der Waals surface area contributed by atoms with E-state index in [0.29, 0.717) is 18.3 Å². The Balaban J connectivity index is 3.63. The molecule has 0 rings (SSSR count). The lowest BCUT2D eigenvalue weighted by Crippen LogP contribution is -2.09. The van der Waals surface area contributed by atoms with Crippen LogP contribution in [0.15, 0.2) is 0 Å². The van der Waals surface area contributed by atoms with Gasteiger partial charge in [-0.15, -0.1) is 0 Å². The smallest absolute Gasteiger partial charge is 0.171 e. The van der Waals surface area contributed by atoms with Crippen LogP contribution in [0, 0.1) is 11.8 Å². The van der Waals surface area contributed by atoms with Crippen molar-refractivity contribution in [2.24, 2.45) is 11.8 Å². The predicted octanol–water partition coefficient (Wildman–Crippen LogP) is 4.79. The van der Waals surface area contributed by atoms with Crippen LogP contribution in [-0.2, 0) is 0 Å². The number of alkyl halides is 3. The van der Waals surface area contributed by atoms with Crippen molar-refractivity contribution in [2.75, 3.05) is 0 Å². The molecular weight excluding hydrogens is 189 g/mol. The molecule has 0 radical (unpaired) electrons. The average Bonchev–Trinajstić information content (AvgIpc) is 1.99. The highest BCUT2D eigenvalue weighted by Crippen LogP contribution is 2.26. The van der Waals surface area contributed by atoms with E-state index in [9.17, 15) is 13.2 Å². The van der Waals surface area contributed by atoms with Gasteiger partial charge in [-0.1, -0.05) is 33.6 Å². The molecule has 0 aliphatic rings. The van der Waals surface area contributed by atoms with Gasteiger partial charge in [0, 0.05) is 6.42 Å². The molecule has 14 heavy (non-hydrogen) atoms. The van der Waals surface area contributed by atoms with Crippen molar-refractivity contribution in [3.63, 3.8) is 0 Å². The fourth-order valence-electron chi connectivity index (χ4n) is 1.75. The third-order valence-corrected chi connectivity index (χ3v) is 2.45. The maximum Gasteiger partial charge on any atom is 0.389 e. The van der Waals surface area contributed by atoms with E-state index < -0.39 is 12.6 Å². The minimum atomic E-state index is -3.98. The van der Waals surface area contributed by atoms with Gasteiger partial charge in [0.05, 0.1) is 0 Å². The molecule has 0 fully saturated rings. The first kappa shape index (κ1) is 13.8. The predicted molar refractivity (Wildman–Crippen MR) is 53.1 cm³/mol. The molecule has 0 heterocycles. The van der Waals surface area contributed by atoms with Crippen molar-refractivity contribution in [1.82, 2.24) is 0 Å². The lowest BCUT2D eigenvalue weighted by Gasteiger charge is -2.17. The zero-order valence-corrected chi connectivity index (χ0v) is 9.32. The molecule has 0 spiro atoms. The quantitative estimate of drug-likeness (QED) is 0.591. The Morgan fingerprint density at radius 2 is 1.71 bits per heavy atom. The van der Waals surface area contributed by atoms with E-state index in [4.69, 9.17) is 0 Å². The Morgan fingerprint density at radius 1 is 1.14 bits per heavy atom. The molecule has 1 unspecified atom stereocenters. The van der Waals surface area contributed by atoms with Crippen molar-refractivity contribution in [3.8, 4) is 0 Å². The van der Waals surface area contributed by atoms with Crippen LogP contribution in [0.1, 0.15) is 52.9 Å². The van der Waals surface area contributed by atoms with Crippen LogP contribution in [-0.4, -0.2) is 6.18 Å². The number of halogens is 3. The summed E-state index contributed by atoms with van der Waals surface area (Å²) in [6.07, 6.45) is -1.55. The summed E-state index contributed by atoms with van der Waals surface area (Å²) < 4.78 is 35.6. The van der Waals surface area contributed by atoms with Gasteiger partial charge in [0.1, 0.15) is 0 Å². The van der Waals surface area contributed by atoms with Crippen molar-refractivity contribution in [1.29, 1.82) is 0 Å². The second-order valence-electron chi connectivity index (χ2n) is 4.41. The Hall–Kier alpha value is -0.210. The summed E-state index contributed by atoms with van der Waals surface area (Å²) in [5.41, 5.74) is 0. The van der Waals surface area contributed by atoms with Gasteiger partial charge in [-0.25, -0.2) is 0 Å². The van der Waals surface area contributed by atoms with Gasteiger partial charge in [0.25, 0.3) is 0 Å². The van der Waals surface area contributed by atoms with Gasteiger partial charge in [-0.3, -0.25) is 0 Å². The van der Waals surface area contributed by atoms with E-state index in [1.54, 1.807) is 0 Å². The van der Waals surface area contributed by atoms with Crippen LogP contribution in [0.3, 0.4) is 0 Å². The third-order valence-electron chi connectivity index (χ3n) is 2.45. The van der Waals surface area contributed by atoms with Crippen LogP contribution in [0.5, 0.6) is 0 Å². The van der Waals surface area contributed by atoms with Crippen molar-refractivity contribution < 1.29 is 13.2 Å². The summed E-state index contributed by atoms with van der Waals surface area (Å²) >= 11 is 0. The first-order chi connectivity index (χ1) is 6.35. The highest BCUT2D eigenvalue weighted by Gasteiger charge is 2.26. The van der Waals surface area contributed by atoms with E-state index in [2.05, 4.69) is 20.8 Å². The largest absolute Gasteiger partial charge is 0.389 e. The SMILES string of the molecule is CCC(CCCC(F)(F)F)CC(C)C. The molecule has 0 aromatic heterocycles. The topological polar surface area (TPSA) is 0 Å². The molecule has 0 aliphatic heterocycles. The maximum absolute atomic E-state index is 11.9. The fraction of sp³-hybridized carbons (Fsp3) is 1.00. The second kappa shape index (κ2) is 6.31. The average molecular weight is 210 g/mol. The third kappa shape index (κ3) is 8.39. The van der Waals surface area contributed by atoms with Crippen LogP contribution in [0.25, 0.3) is 0 Å². The molecule has 0 aromatic carbocycles. The minimum Gasteiger partial charge on any atom is -0.171 e. The summed E-state index contributed by atoms with van der Waals surface area (Å²) in [7, 11) is 0. The zero-order chi connectivity index (χ0) is 11.2. The van der Waals surface area contributed by atoms with Crippen molar-refractivity contribution >= 4 is 0 Å². The molecule has 3 heteroatoms. The molecule has 1 atom stereocenters. The normalized spacial score (nSPS) is 14.8. The summed E-state index contributed by atoms with van der Waals surface area (Å²) in [5, 5.41) is 0. The van der Waals surface area contributed by atoms with Crippen LogP contribution >= 0.6 is 0 Å². The van der Waals surface area contributed by atoms with Crippen molar-refractivity contribution in [3.05, 3.63) is 0 Å². The fourth-order valence-corrected chi connectivity index (χ4v) is 1.75. The molecule has 0 aliphatic carbocycles. The Kier molecular flexibility index (Phi) is 6.21. The first-order valence-electron chi connectivity index (χ1n) is 5.42. The summed E-state index contributed by atoms with van der Waals surface area (Å²) in [5.74, 6) is 1.06. The number of hydrogen-bond donors (Lipinski definition) is 0. The second-order valence-corrected chi connectivity index (χ2v) is 4.41. The van der Waals surface area contributed by atoms with Gasteiger partial charge < -0.3 is 0 Å². The zero-order valence-electron chi connectivity index (χ0n) is 9.32. The maximum atomic E-state index is 11.9. The molecular formula is C11H21F3. The number of hydrogen-bond acceptors (Lipinski definition) is 0. The van der Waals surface area contributed by atoms with Crippen LogP contribution < -0.4 is 0 Å². The summed E-state index contributed by atoms with van der Waals surface area (Å²) in [6, 6.07) is 0. The van der Waals surface area contributed by atoms with Crippen LogP contribution in [0.4, 0.5) is 13.2 Å². The minimum absolute atomic E-state index is 0.286. The van der Waals surface area contributed by atoms with E-state index in [1.807, 2.05) is 0 Å². The van der Waals surface area contributed by atoms with E-state index in [1.165, 1.54) is 0 Å². The molecule has 0 saturated heterocycles. The van der Waals surface area contributed by atoms with Crippen LogP contribution in [0.2, 0.25) is 0 Å². The molecule has 0 bridgehead atoms. The Bertz CT molecular complexity index is 138. The lowest BCUT2D eigenvalue weighted by molar-refractivity contribution is -0.136. The molecule has 0 aromatic rings. The monoisotopic (exact) mass is 210 g/mol. The van der Waals surface area contributed by atoms with E-state index >= 15 is 0 Å². The highest BCUT2D eigenvalue weighted by molar-refractivity contribution is 4.61. The van der Waals surface area contributed by atoms with Gasteiger partial charge >= 0.3 is 6.18 Å². The Morgan fingerprint density at radius 3 is 2.07 bits per heavy atom. The Labute approximate surface area is 84.9 Å². The van der Waals surface area contributed by atoms with Gasteiger partial charge in [-0.2, -0.15) is 13.2 Å².